The Labute approximate surface area is 134 Å². The molecule has 120 valence electrons. The van der Waals surface area contributed by atoms with E-state index in [1.807, 2.05) is 0 Å². The summed E-state index contributed by atoms with van der Waals surface area (Å²) in [7, 11) is -3.34. The van der Waals surface area contributed by atoms with Crippen LogP contribution in [0.25, 0.3) is 0 Å². The van der Waals surface area contributed by atoms with Crippen LogP contribution in [0.3, 0.4) is 0 Å². The van der Waals surface area contributed by atoms with E-state index in [2.05, 4.69) is 10.6 Å². The Morgan fingerprint density at radius 1 is 1.00 bits per heavy atom. The first-order valence-electron chi connectivity index (χ1n) is 6.79. The van der Waals surface area contributed by atoms with Crippen molar-refractivity contribution in [1.82, 2.24) is 5.32 Å². The van der Waals surface area contributed by atoms with Gasteiger partial charge in [-0.25, -0.2) is 8.42 Å². The Morgan fingerprint density at radius 2 is 1.70 bits per heavy atom. The zero-order valence-corrected chi connectivity index (χ0v) is 13.3. The SMILES string of the molecule is CS(=O)(=O)c1cccc(NC(=O)CNC(=O)c2ccccc2)c1. The summed E-state index contributed by atoms with van der Waals surface area (Å²) in [4.78, 5) is 23.8. The Hall–Kier alpha value is -2.67. The average molecular weight is 332 g/mol. The Morgan fingerprint density at radius 3 is 2.35 bits per heavy atom. The predicted molar refractivity (Wildman–Crippen MR) is 87.0 cm³/mol. The standard InChI is InChI=1S/C16H16N2O4S/c1-23(21,22)14-9-5-8-13(10-14)18-15(19)11-17-16(20)12-6-3-2-4-7-12/h2-10H,11H2,1H3,(H,17,20)(H,18,19). The molecule has 7 heteroatoms. The monoisotopic (exact) mass is 332 g/mol. The molecule has 0 atom stereocenters. The van der Waals surface area contributed by atoms with E-state index < -0.39 is 15.7 Å². The molecule has 0 heterocycles. The molecule has 23 heavy (non-hydrogen) atoms. The van der Waals surface area contributed by atoms with Gasteiger partial charge in [-0.3, -0.25) is 9.59 Å². The summed E-state index contributed by atoms with van der Waals surface area (Å²) in [5, 5.41) is 5.04. The number of hydrogen-bond donors (Lipinski definition) is 2. The van der Waals surface area contributed by atoms with Gasteiger partial charge in [0.1, 0.15) is 0 Å². The number of anilines is 1. The highest BCUT2D eigenvalue weighted by Gasteiger charge is 2.10. The quantitative estimate of drug-likeness (QED) is 0.867. The molecule has 0 radical (unpaired) electrons. The molecule has 0 bridgehead atoms. The molecule has 2 aromatic carbocycles. The van der Waals surface area contributed by atoms with Gasteiger partial charge in [0.25, 0.3) is 5.91 Å². The molecule has 0 saturated heterocycles. The van der Waals surface area contributed by atoms with Crippen LogP contribution in [0.5, 0.6) is 0 Å². The molecular weight excluding hydrogens is 316 g/mol. The number of sulfone groups is 1. The molecule has 0 unspecified atom stereocenters. The number of rotatable bonds is 5. The second kappa shape index (κ2) is 7.06. The molecule has 0 aliphatic carbocycles. The van der Waals surface area contributed by atoms with Crippen LogP contribution in [0.4, 0.5) is 5.69 Å². The molecular formula is C16H16N2O4S. The first kappa shape index (κ1) is 16.7. The molecule has 0 spiro atoms. The normalized spacial score (nSPS) is 10.8. The lowest BCUT2D eigenvalue weighted by Gasteiger charge is -2.08. The lowest BCUT2D eigenvalue weighted by molar-refractivity contribution is -0.115. The third-order valence-corrected chi connectivity index (χ3v) is 4.10. The smallest absolute Gasteiger partial charge is 0.251 e. The summed E-state index contributed by atoms with van der Waals surface area (Å²) in [6.07, 6.45) is 1.09. The van der Waals surface area contributed by atoms with E-state index in [0.29, 0.717) is 11.3 Å². The summed E-state index contributed by atoms with van der Waals surface area (Å²) in [6, 6.07) is 14.5. The third kappa shape index (κ3) is 4.93. The Kier molecular flexibility index (Phi) is 5.13. The van der Waals surface area contributed by atoms with Crippen LogP contribution in [-0.2, 0) is 14.6 Å². The summed E-state index contributed by atoms with van der Waals surface area (Å²) in [6.45, 7) is -0.211. The predicted octanol–water partition coefficient (Wildman–Crippen LogP) is 1.46. The minimum atomic E-state index is -3.34. The van der Waals surface area contributed by atoms with Crippen molar-refractivity contribution in [2.24, 2.45) is 0 Å². The van der Waals surface area contributed by atoms with Gasteiger partial charge < -0.3 is 10.6 Å². The molecule has 0 aliphatic rings. The van der Waals surface area contributed by atoms with Crippen LogP contribution in [0.1, 0.15) is 10.4 Å². The maximum absolute atomic E-state index is 11.8. The van der Waals surface area contributed by atoms with Gasteiger partial charge in [0.05, 0.1) is 11.4 Å². The minimum Gasteiger partial charge on any atom is -0.343 e. The highest BCUT2D eigenvalue weighted by atomic mass is 32.2. The molecule has 6 nitrogen and oxygen atoms in total. The molecule has 0 saturated carbocycles. The fourth-order valence-corrected chi connectivity index (χ4v) is 2.53. The van der Waals surface area contributed by atoms with E-state index >= 15 is 0 Å². The van der Waals surface area contributed by atoms with E-state index in [-0.39, 0.29) is 17.3 Å². The van der Waals surface area contributed by atoms with E-state index in [1.165, 1.54) is 18.2 Å². The topological polar surface area (TPSA) is 92.3 Å². The van der Waals surface area contributed by atoms with Crippen molar-refractivity contribution in [2.75, 3.05) is 18.1 Å². The fraction of sp³-hybridized carbons (Fsp3) is 0.125. The van der Waals surface area contributed by atoms with Gasteiger partial charge in [-0.05, 0) is 30.3 Å². The molecule has 2 N–H and O–H groups in total. The number of carbonyl (C=O) groups excluding carboxylic acids is 2. The maximum atomic E-state index is 11.8. The highest BCUT2D eigenvalue weighted by molar-refractivity contribution is 7.90. The number of hydrogen-bond acceptors (Lipinski definition) is 4. The molecule has 2 rings (SSSR count). The van der Waals surface area contributed by atoms with Gasteiger partial charge >= 0.3 is 0 Å². The second-order valence-electron chi connectivity index (χ2n) is 4.90. The summed E-state index contributed by atoms with van der Waals surface area (Å²) in [5.41, 5.74) is 0.811. The summed E-state index contributed by atoms with van der Waals surface area (Å²) < 4.78 is 22.9. The largest absolute Gasteiger partial charge is 0.343 e. The van der Waals surface area contributed by atoms with Crippen LogP contribution >= 0.6 is 0 Å². The summed E-state index contributed by atoms with van der Waals surface area (Å²) in [5.74, 6) is -0.800. The zero-order valence-electron chi connectivity index (χ0n) is 12.4. The molecule has 0 aliphatic heterocycles. The van der Waals surface area contributed by atoms with Gasteiger partial charge in [0.2, 0.25) is 5.91 Å². The lowest BCUT2D eigenvalue weighted by atomic mass is 10.2. The maximum Gasteiger partial charge on any atom is 0.251 e. The molecule has 2 aromatic rings. The van der Waals surface area contributed by atoms with Gasteiger partial charge in [-0.15, -0.1) is 0 Å². The minimum absolute atomic E-state index is 0.114. The van der Waals surface area contributed by atoms with Crippen molar-refractivity contribution in [3.8, 4) is 0 Å². The van der Waals surface area contributed by atoms with E-state index in [9.17, 15) is 18.0 Å². The van der Waals surface area contributed by atoms with Crippen LogP contribution in [0.15, 0.2) is 59.5 Å². The lowest BCUT2D eigenvalue weighted by Crippen LogP contribution is -2.32. The number of nitrogens with one attached hydrogen (secondary N) is 2. The van der Waals surface area contributed by atoms with E-state index in [0.717, 1.165) is 6.26 Å². The van der Waals surface area contributed by atoms with Crippen LogP contribution in [0.2, 0.25) is 0 Å². The van der Waals surface area contributed by atoms with Gasteiger partial charge in [0.15, 0.2) is 9.84 Å². The first-order valence-corrected chi connectivity index (χ1v) is 8.68. The Balaban J connectivity index is 1.94. The highest BCUT2D eigenvalue weighted by Crippen LogP contribution is 2.15. The number of benzene rings is 2. The van der Waals surface area contributed by atoms with Gasteiger partial charge in [-0.2, -0.15) is 0 Å². The third-order valence-electron chi connectivity index (χ3n) is 2.99. The van der Waals surface area contributed by atoms with Crippen molar-refractivity contribution in [2.45, 2.75) is 4.90 Å². The van der Waals surface area contributed by atoms with Crippen molar-refractivity contribution < 1.29 is 18.0 Å². The molecule has 2 amide bonds. The summed E-state index contributed by atoms with van der Waals surface area (Å²) >= 11 is 0. The molecule has 0 aromatic heterocycles. The fourth-order valence-electron chi connectivity index (χ4n) is 1.86. The van der Waals surface area contributed by atoms with Crippen LogP contribution < -0.4 is 10.6 Å². The van der Waals surface area contributed by atoms with Crippen molar-refractivity contribution >= 4 is 27.3 Å². The molecule has 0 fully saturated rings. The van der Waals surface area contributed by atoms with Crippen LogP contribution in [-0.4, -0.2) is 33.0 Å². The second-order valence-corrected chi connectivity index (χ2v) is 6.91. The van der Waals surface area contributed by atoms with Crippen molar-refractivity contribution in [3.05, 3.63) is 60.2 Å². The number of amides is 2. The zero-order chi connectivity index (χ0) is 16.9. The van der Waals surface area contributed by atoms with Crippen molar-refractivity contribution in [3.63, 3.8) is 0 Å². The van der Waals surface area contributed by atoms with Crippen molar-refractivity contribution in [1.29, 1.82) is 0 Å². The van der Waals surface area contributed by atoms with E-state index in [1.54, 1.807) is 36.4 Å². The average Bonchev–Trinajstić information content (AvgIpc) is 2.53. The number of carbonyl (C=O) groups is 2. The van der Waals surface area contributed by atoms with Crippen LogP contribution in [0, 0.1) is 0 Å². The van der Waals surface area contributed by atoms with Gasteiger partial charge in [0, 0.05) is 17.5 Å². The first-order chi connectivity index (χ1) is 10.9. The van der Waals surface area contributed by atoms with Gasteiger partial charge in [-0.1, -0.05) is 24.3 Å². The van der Waals surface area contributed by atoms with E-state index in [4.69, 9.17) is 0 Å². The Bertz CT molecular complexity index is 817.